The fourth-order valence-electron chi connectivity index (χ4n) is 2.65. The summed E-state index contributed by atoms with van der Waals surface area (Å²) in [6.45, 7) is 12.2. The van der Waals surface area contributed by atoms with Gasteiger partial charge in [-0.3, -0.25) is 4.79 Å². The van der Waals surface area contributed by atoms with E-state index in [1.54, 1.807) is 12.1 Å². The number of carbonyl (C=O) groups excluding carboxylic acids is 1. The van der Waals surface area contributed by atoms with Crippen molar-refractivity contribution in [2.24, 2.45) is 0 Å². The van der Waals surface area contributed by atoms with Crippen molar-refractivity contribution >= 4 is 27.5 Å². The molecular formula is C21H26BrNO2. The zero-order valence-electron chi connectivity index (χ0n) is 15.7. The quantitative estimate of drug-likeness (QED) is 0.645. The van der Waals surface area contributed by atoms with E-state index in [4.69, 9.17) is 0 Å². The van der Waals surface area contributed by atoms with Gasteiger partial charge in [-0.1, -0.05) is 57.5 Å². The van der Waals surface area contributed by atoms with Crippen LogP contribution in [0.15, 0.2) is 40.9 Å². The highest BCUT2D eigenvalue weighted by Gasteiger charge is 2.27. The van der Waals surface area contributed by atoms with Crippen molar-refractivity contribution in [3.05, 3.63) is 57.6 Å². The maximum absolute atomic E-state index is 12.8. The summed E-state index contributed by atoms with van der Waals surface area (Å²) in [4.78, 5) is 12.8. The first kappa shape index (κ1) is 19.5. The van der Waals surface area contributed by atoms with Crippen LogP contribution in [0.3, 0.4) is 0 Å². The van der Waals surface area contributed by atoms with E-state index in [0.717, 1.165) is 21.3 Å². The molecule has 0 unspecified atom stereocenters. The van der Waals surface area contributed by atoms with E-state index in [-0.39, 0.29) is 22.5 Å². The van der Waals surface area contributed by atoms with Gasteiger partial charge in [0.1, 0.15) is 5.75 Å². The van der Waals surface area contributed by atoms with Gasteiger partial charge < -0.3 is 10.4 Å². The first-order chi connectivity index (χ1) is 11.4. The van der Waals surface area contributed by atoms with Crippen molar-refractivity contribution in [2.75, 3.05) is 5.32 Å². The van der Waals surface area contributed by atoms with Crippen molar-refractivity contribution < 1.29 is 9.90 Å². The molecule has 0 heterocycles. The third-order valence-electron chi connectivity index (χ3n) is 4.09. The minimum absolute atomic E-state index is 0.182. The zero-order chi connectivity index (χ0) is 19.0. The van der Waals surface area contributed by atoms with Gasteiger partial charge in [0, 0.05) is 26.9 Å². The van der Waals surface area contributed by atoms with Gasteiger partial charge in [-0.2, -0.15) is 0 Å². The van der Waals surface area contributed by atoms with E-state index >= 15 is 0 Å². The molecule has 4 heteroatoms. The maximum Gasteiger partial charge on any atom is 0.255 e. The van der Waals surface area contributed by atoms with Gasteiger partial charge in [0.25, 0.3) is 5.91 Å². The van der Waals surface area contributed by atoms with Gasteiger partial charge >= 0.3 is 0 Å². The first-order valence-electron chi connectivity index (χ1n) is 8.34. The second-order valence-electron chi connectivity index (χ2n) is 8.38. The molecule has 0 saturated heterocycles. The number of anilines is 1. The lowest BCUT2D eigenvalue weighted by atomic mass is 9.78. The normalized spacial score (nSPS) is 12.1. The molecule has 25 heavy (non-hydrogen) atoms. The van der Waals surface area contributed by atoms with Gasteiger partial charge in [-0.25, -0.2) is 0 Å². The highest BCUT2D eigenvalue weighted by atomic mass is 79.9. The molecule has 0 atom stereocenters. The van der Waals surface area contributed by atoms with Gasteiger partial charge in [-0.05, 0) is 47.2 Å². The number of benzene rings is 2. The average molecular weight is 404 g/mol. The Labute approximate surface area is 158 Å². The molecule has 0 saturated carbocycles. The van der Waals surface area contributed by atoms with Crippen LogP contribution < -0.4 is 5.32 Å². The Balaban J connectivity index is 2.49. The first-order valence-corrected chi connectivity index (χ1v) is 9.14. The highest BCUT2D eigenvalue weighted by Crippen LogP contribution is 2.39. The standard InChI is InChI=1S/C21H26BrNO2/c1-20(2,3)16-11-13(12-17(18(16)24)21(4,5)6)19(25)23-15-9-7-14(22)8-10-15/h7-12,24H,1-6H3,(H,23,25). The summed E-state index contributed by atoms with van der Waals surface area (Å²) in [5, 5.41) is 13.7. The lowest BCUT2D eigenvalue weighted by Gasteiger charge is -2.28. The molecule has 0 spiro atoms. The maximum atomic E-state index is 12.8. The Morgan fingerprint density at radius 1 is 0.920 bits per heavy atom. The number of phenols is 1. The smallest absolute Gasteiger partial charge is 0.255 e. The van der Waals surface area contributed by atoms with Gasteiger partial charge in [0.05, 0.1) is 0 Å². The molecule has 0 fully saturated rings. The lowest BCUT2D eigenvalue weighted by molar-refractivity contribution is 0.102. The van der Waals surface area contributed by atoms with Crippen LogP contribution in [0.5, 0.6) is 5.75 Å². The molecule has 0 aromatic heterocycles. The van der Waals surface area contributed by atoms with Crippen LogP contribution in [-0.2, 0) is 10.8 Å². The van der Waals surface area contributed by atoms with Gasteiger partial charge in [0.2, 0.25) is 0 Å². The van der Waals surface area contributed by atoms with Crippen LogP contribution in [0.1, 0.15) is 63.0 Å². The Kier molecular flexibility index (Phi) is 5.33. The molecule has 0 bridgehead atoms. The number of rotatable bonds is 2. The molecule has 0 aliphatic carbocycles. The number of carbonyl (C=O) groups is 1. The van der Waals surface area contributed by atoms with Crippen LogP contribution in [-0.4, -0.2) is 11.0 Å². The van der Waals surface area contributed by atoms with Crippen LogP contribution in [0.4, 0.5) is 5.69 Å². The number of phenolic OH excluding ortho intramolecular Hbond substituents is 1. The number of aromatic hydroxyl groups is 1. The fraction of sp³-hybridized carbons (Fsp3) is 0.381. The van der Waals surface area contributed by atoms with Crippen molar-refractivity contribution in [2.45, 2.75) is 52.4 Å². The fourth-order valence-corrected chi connectivity index (χ4v) is 2.91. The molecule has 2 aromatic carbocycles. The molecule has 3 nitrogen and oxygen atoms in total. The van der Waals surface area contributed by atoms with Gasteiger partial charge in [0.15, 0.2) is 0 Å². The van der Waals surface area contributed by atoms with Crippen LogP contribution >= 0.6 is 15.9 Å². The molecule has 2 N–H and O–H groups in total. The SMILES string of the molecule is CC(C)(C)c1cc(C(=O)Nc2ccc(Br)cc2)cc(C(C)(C)C)c1O. The minimum Gasteiger partial charge on any atom is -0.507 e. The molecule has 2 aromatic rings. The Morgan fingerprint density at radius 2 is 1.36 bits per heavy atom. The predicted octanol–water partition coefficient (Wildman–Crippen LogP) is 6.00. The number of halogens is 1. The summed E-state index contributed by atoms with van der Waals surface area (Å²) in [6.07, 6.45) is 0. The number of amides is 1. The number of nitrogens with one attached hydrogen (secondary N) is 1. The number of hydrogen-bond acceptors (Lipinski definition) is 2. The predicted molar refractivity (Wildman–Crippen MR) is 108 cm³/mol. The monoisotopic (exact) mass is 403 g/mol. The Bertz CT molecular complexity index is 746. The third-order valence-corrected chi connectivity index (χ3v) is 4.62. The summed E-state index contributed by atoms with van der Waals surface area (Å²) in [6, 6.07) is 11.0. The van der Waals surface area contributed by atoms with E-state index in [1.165, 1.54) is 0 Å². The van der Waals surface area contributed by atoms with Crippen molar-refractivity contribution in [1.29, 1.82) is 0 Å². The lowest BCUT2D eigenvalue weighted by Crippen LogP contribution is -2.20. The summed E-state index contributed by atoms with van der Waals surface area (Å²) in [7, 11) is 0. The minimum atomic E-state index is -0.266. The zero-order valence-corrected chi connectivity index (χ0v) is 17.3. The molecule has 0 aliphatic rings. The second-order valence-corrected chi connectivity index (χ2v) is 9.30. The topological polar surface area (TPSA) is 49.3 Å². The van der Waals surface area contributed by atoms with Crippen molar-refractivity contribution in [1.82, 2.24) is 0 Å². The van der Waals surface area contributed by atoms with E-state index in [2.05, 4.69) is 21.2 Å². The van der Waals surface area contributed by atoms with Gasteiger partial charge in [-0.15, -0.1) is 0 Å². The van der Waals surface area contributed by atoms with E-state index in [9.17, 15) is 9.90 Å². The highest BCUT2D eigenvalue weighted by molar-refractivity contribution is 9.10. The van der Waals surface area contributed by atoms with Crippen LogP contribution in [0, 0.1) is 0 Å². The summed E-state index contributed by atoms with van der Waals surface area (Å²) >= 11 is 3.39. The van der Waals surface area contributed by atoms with Crippen LogP contribution in [0.25, 0.3) is 0 Å². The molecule has 0 aliphatic heterocycles. The van der Waals surface area contributed by atoms with E-state index < -0.39 is 0 Å². The molecule has 1 amide bonds. The van der Waals surface area contributed by atoms with Crippen LogP contribution in [0.2, 0.25) is 0 Å². The Hall–Kier alpha value is -1.81. The molecule has 0 radical (unpaired) electrons. The van der Waals surface area contributed by atoms with E-state index in [1.807, 2.05) is 65.8 Å². The summed E-state index contributed by atoms with van der Waals surface area (Å²) in [5.41, 5.74) is 2.31. The van der Waals surface area contributed by atoms with Crippen molar-refractivity contribution in [3.63, 3.8) is 0 Å². The summed E-state index contributed by atoms with van der Waals surface area (Å²) in [5.74, 6) is 0.0958. The molecule has 2 rings (SSSR count). The average Bonchev–Trinajstić information content (AvgIpc) is 2.47. The van der Waals surface area contributed by atoms with E-state index in [0.29, 0.717) is 5.56 Å². The molecular weight excluding hydrogens is 378 g/mol. The van der Waals surface area contributed by atoms with Crippen molar-refractivity contribution in [3.8, 4) is 5.75 Å². The molecule has 134 valence electrons. The third kappa shape index (κ3) is 4.63. The Morgan fingerprint density at radius 3 is 1.76 bits per heavy atom. The second kappa shape index (κ2) is 6.83. The summed E-state index contributed by atoms with van der Waals surface area (Å²) < 4.78 is 0.958. The number of hydrogen-bond donors (Lipinski definition) is 2. The largest absolute Gasteiger partial charge is 0.507 e.